The number of hydrogen-bond acceptors (Lipinski definition) is 8. The van der Waals surface area contributed by atoms with E-state index >= 15 is 0 Å². The number of nitriles is 1. The molecule has 2 N–H and O–H groups in total. The van der Waals surface area contributed by atoms with Gasteiger partial charge >= 0.3 is 0 Å². The SMILES string of the molecule is CC1CCc2nc(SCCC(=O)Nc3ccc(S(=O)(=O)Nc4ncccn4)cc3)c(C#N)cc2C1. The molecule has 1 aliphatic carbocycles. The topological polar surface area (TPSA) is 138 Å². The fourth-order valence-electron chi connectivity index (χ4n) is 3.73. The van der Waals surface area contributed by atoms with Crippen molar-refractivity contribution in [3.63, 3.8) is 0 Å². The van der Waals surface area contributed by atoms with Crippen LogP contribution < -0.4 is 10.0 Å². The second kappa shape index (κ2) is 10.8. The molecule has 180 valence electrons. The zero-order valence-corrected chi connectivity index (χ0v) is 20.7. The summed E-state index contributed by atoms with van der Waals surface area (Å²) in [5.41, 5.74) is 3.24. The van der Waals surface area contributed by atoms with Crippen molar-refractivity contribution in [3.8, 4) is 6.07 Å². The third-order valence-electron chi connectivity index (χ3n) is 5.53. The summed E-state index contributed by atoms with van der Waals surface area (Å²) in [6.45, 7) is 2.21. The van der Waals surface area contributed by atoms with Gasteiger partial charge in [0.05, 0.1) is 10.5 Å². The molecule has 11 heteroatoms. The lowest BCUT2D eigenvalue weighted by Crippen LogP contribution is -2.15. The number of benzene rings is 1. The molecular weight excluding hydrogens is 484 g/mol. The molecule has 1 aliphatic rings. The van der Waals surface area contributed by atoms with E-state index in [9.17, 15) is 18.5 Å². The molecule has 0 fully saturated rings. The standard InChI is InChI=1S/C24H24N6O3S2/c1-16-3-8-21-17(13-16)14-18(15-25)23(29-21)34-12-9-22(31)28-19-4-6-20(7-5-19)35(32,33)30-24-26-10-2-11-27-24/h2,4-7,10-11,14,16H,3,8-9,12-13H2,1H3,(H,28,31)(H,26,27,30). The van der Waals surface area contributed by atoms with Gasteiger partial charge in [0.2, 0.25) is 11.9 Å². The Morgan fingerprint density at radius 1 is 1.23 bits per heavy atom. The van der Waals surface area contributed by atoms with Crippen LogP contribution >= 0.6 is 11.8 Å². The first-order chi connectivity index (χ1) is 16.8. The summed E-state index contributed by atoms with van der Waals surface area (Å²) in [7, 11) is -3.84. The highest BCUT2D eigenvalue weighted by atomic mass is 32.2. The van der Waals surface area contributed by atoms with Gasteiger partial charge in [0, 0.05) is 35.9 Å². The van der Waals surface area contributed by atoms with Gasteiger partial charge in [-0.3, -0.25) is 4.79 Å². The number of nitrogens with one attached hydrogen (secondary N) is 2. The maximum absolute atomic E-state index is 12.5. The third-order valence-corrected chi connectivity index (χ3v) is 7.86. The second-order valence-electron chi connectivity index (χ2n) is 8.26. The molecule has 0 saturated heterocycles. The van der Waals surface area contributed by atoms with Crippen LogP contribution in [0.5, 0.6) is 0 Å². The van der Waals surface area contributed by atoms with E-state index < -0.39 is 10.0 Å². The van der Waals surface area contributed by atoms with Gasteiger partial charge in [-0.1, -0.05) is 6.92 Å². The molecule has 1 unspecified atom stereocenters. The van der Waals surface area contributed by atoms with Crippen molar-refractivity contribution in [2.24, 2.45) is 5.92 Å². The number of carbonyl (C=O) groups is 1. The van der Waals surface area contributed by atoms with Gasteiger partial charge < -0.3 is 5.32 Å². The summed E-state index contributed by atoms with van der Waals surface area (Å²) >= 11 is 1.40. The average Bonchev–Trinajstić information content (AvgIpc) is 2.84. The summed E-state index contributed by atoms with van der Waals surface area (Å²) in [5.74, 6) is 0.830. The van der Waals surface area contributed by atoms with Gasteiger partial charge in [-0.25, -0.2) is 28.1 Å². The maximum atomic E-state index is 12.5. The molecule has 2 aromatic heterocycles. The van der Waals surface area contributed by atoms with Crippen LogP contribution in [0.25, 0.3) is 0 Å². The molecule has 3 aromatic rings. The third kappa shape index (κ3) is 6.35. The number of nitrogens with zero attached hydrogens (tertiary/aromatic N) is 4. The minimum Gasteiger partial charge on any atom is -0.326 e. The van der Waals surface area contributed by atoms with Crippen LogP contribution in [-0.2, 0) is 27.7 Å². The van der Waals surface area contributed by atoms with Crippen LogP contribution in [0, 0.1) is 17.2 Å². The van der Waals surface area contributed by atoms with Gasteiger partial charge in [-0.2, -0.15) is 5.26 Å². The number of sulfonamides is 1. The smallest absolute Gasteiger partial charge is 0.264 e. The number of thioether (sulfide) groups is 1. The van der Waals surface area contributed by atoms with E-state index in [0.717, 1.165) is 30.5 Å². The number of amides is 1. The first kappa shape index (κ1) is 24.6. The summed E-state index contributed by atoms with van der Waals surface area (Å²) in [5, 5.41) is 12.9. The highest BCUT2D eigenvalue weighted by molar-refractivity contribution is 7.99. The summed E-state index contributed by atoms with van der Waals surface area (Å²) in [6.07, 6.45) is 6.04. The van der Waals surface area contributed by atoms with Gasteiger partial charge in [0.25, 0.3) is 10.0 Å². The van der Waals surface area contributed by atoms with Crippen LogP contribution in [-0.4, -0.2) is 35.0 Å². The zero-order valence-electron chi connectivity index (χ0n) is 19.1. The molecular formula is C24H24N6O3S2. The Balaban J connectivity index is 1.31. The predicted octanol–water partition coefficient (Wildman–Crippen LogP) is 3.79. The maximum Gasteiger partial charge on any atom is 0.264 e. The van der Waals surface area contributed by atoms with Crippen molar-refractivity contribution >= 4 is 39.3 Å². The number of hydrogen-bond donors (Lipinski definition) is 2. The van der Waals surface area contributed by atoms with E-state index in [1.54, 1.807) is 6.07 Å². The second-order valence-corrected chi connectivity index (χ2v) is 11.0. The molecule has 1 aromatic carbocycles. The van der Waals surface area contributed by atoms with Crippen LogP contribution in [0.4, 0.5) is 11.6 Å². The number of rotatable bonds is 8. The van der Waals surface area contributed by atoms with E-state index in [1.807, 2.05) is 6.07 Å². The molecule has 0 aliphatic heterocycles. The lowest BCUT2D eigenvalue weighted by atomic mass is 9.87. The fourth-order valence-corrected chi connectivity index (χ4v) is 5.60. The zero-order chi connectivity index (χ0) is 24.8. The lowest BCUT2D eigenvalue weighted by Gasteiger charge is -2.21. The van der Waals surface area contributed by atoms with Crippen molar-refractivity contribution in [2.45, 2.75) is 42.5 Å². The molecule has 0 saturated carbocycles. The highest BCUT2D eigenvalue weighted by Crippen LogP contribution is 2.29. The molecule has 0 spiro atoms. The Hall–Kier alpha value is -3.49. The lowest BCUT2D eigenvalue weighted by molar-refractivity contribution is -0.115. The largest absolute Gasteiger partial charge is 0.326 e. The number of pyridine rings is 1. The molecule has 2 heterocycles. The Morgan fingerprint density at radius 3 is 2.69 bits per heavy atom. The quantitative estimate of drug-likeness (QED) is 0.438. The molecule has 4 rings (SSSR count). The summed E-state index contributed by atoms with van der Waals surface area (Å²) in [6, 6.07) is 11.6. The molecule has 9 nitrogen and oxygen atoms in total. The molecule has 1 atom stereocenters. The number of fused-ring (bicyclic) bond motifs is 1. The van der Waals surface area contributed by atoms with Crippen LogP contribution in [0.15, 0.2) is 58.7 Å². The van der Waals surface area contributed by atoms with E-state index in [2.05, 4.69) is 33.0 Å². The van der Waals surface area contributed by atoms with Gasteiger partial charge in [0.1, 0.15) is 11.1 Å². The number of carbonyl (C=O) groups excluding carboxylic acids is 1. The van der Waals surface area contributed by atoms with Gasteiger partial charge in [-0.05, 0) is 67.1 Å². The minimum absolute atomic E-state index is 0.0232. The minimum atomic E-state index is -3.84. The Morgan fingerprint density at radius 2 is 1.97 bits per heavy atom. The van der Waals surface area contributed by atoms with E-state index in [4.69, 9.17) is 4.98 Å². The normalized spacial score (nSPS) is 15.0. The molecule has 35 heavy (non-hydrogen) atoms. The highest BCUT2D eigenvalue weighted by Gasteiger charge is 2.20. The van der Waals surface area contributed by atoms with Crippen LogP contribution in [0.3, 0.4) is 0 Å². The Bertz CT molecular complexity index is 1360. The fraction of sp³-hybridized carbons (Fsp3) is 0.292. The van der Waals surface area contributed by atoms with Crippen molar-refractivity contribution in [1.29, 1.82) is 5.26 Å². The van der Waals surface area contributed by atoms with E-state index in [0.29, 0.717) is 27.9 Å². The summed E-state index contributed by atoms with van der Waals surface area (Å²) in [4.78, 5) is 24.8. The summed E-state index contributed by atoms with van der Waals surface area (Å²) < 4.78 is 27.2. The monoisotopic (exact) mass is 508 g/mol. The number of anilines is 2. The average molecular weight is 509 g/mol. The van der Waals surface area contributed by atoms with E-state index in [1.165, 1.54) is 48.4 Å². The van der Waals surface area contributed by atoms with Gasteiger partial charge in [0.15, 0.2) is 0 Å². The van der Waals surface area contributed by atoms with E-state index in [-0.39, 0.29) is 23.2 Å². The molecule has 0 bridgehead atoms. The first-order valence-electron chi connectivity index (χ1n) is 11.1. The van der Waals surface area contributed by atoms with Crippen molar-refractivity contribution in [1.82, 2.24) is 15.0 Å². The Labute approximate surface area is 208 Å². The number of aromatic nitrogens is 3. The van der Waals surface area contributed by atoms with Crippen molar-refractivity contribution in [2.75, 3.05) is 15.8 Å². The number of aryl methyl sites for hydroxylation is 1. The van der Waals surface area contributed by atoms with Crippen LogP contribution in [0.1, 0.15) is 36.6 Å². The van der Waals surface area contributed by atoms with Crippen molar-refractivity contribution < 1.29 is 13.2 Å². The molecule has 0 radical (unpaired) electrons. The van der Waals surface area contributed by atoms with Crippen molar-refractivity contribution in [3.05, 3.63) is 65.6 Å². The predicted molar refractivity (Wildman–Crippen MR) is 133 cm³/mol. The first-order valence-corrected chi connectivity index (χ1v) is 13.6. The van der Waals surface area contributed by atoms with Crippen LogP contribution in [0.2, 0.25) is 0 Å². The molecule has 1 amide bonds. The Kier molecular flexibility index (Phi) is 7.63. The van der Waals surface area contributed by atoms with Gasteiger partial charge in [-0.15, -0.1) is 11.8 Å².